The molecule has 0 spiro atoms. The zero-order valence-electron chi connectivity index (χ0n) is 13.6. The molecule has 0 atom stereocenters. The number of rotatable bonds is 4. The number of carbonyl (C=O) groups excluding carboxylic acids is 1. The van der Waals surface area contributed by atoms with Crippen LogP contribution in [0.5, 0.6) is 0 Å². The summed E-state index contributed by atoms with van der Waals surface area (Å²) in [6.45, 7) is 5.42. The largest absolute Gasteiger partial charge is 0.336 e. The van der Waals surface area contributed by atoms with Crippen LogP contribution in [0, 0.1) is 0 Å². The average Bonchev–Trinajstić information content (AvgIpc) is 2.63. The van der Waals surface area contributed by atoms with Gasteiger partial charge in [-0.05, 0) is 23.6 Å². The van der Waals surface area contributed by atoms with Crippen LogP contribution in [0.2, 0.25) is 0 Å². The molecule has 1 N–H and O–H groups in total. The highest BCUT2D eigenvalue weighted by atomic mass is 16.2. The molecular formula is C19H23N3O. The van der Waals surface area contributed by atoms with Gasteiger partial charge in [0.1, 0.15) is 0 Å². The first kappa shape index (κ1) is 15.7. The van der Waals surface area contributed by atoms with Gasteiger partial charge in [0.05, 0.1) is 5.56 Å². The molecule has 0 bridgehead atoms. The molecule has 3 rings (SSSR count). The second-order valence-corrected chi connectivity index (χ2v) is 5.95. The van der Waals surface area contributed by atoms with E-state index in [4.69, 9.17) is 0 Å². The lowest BCUT2D eigenvalue weighted by Crippen LogP contribution is -2.46. The highest BCUT2D eigenvalue weighted by Crippen LogP contribution is 2.21. The van der Waals surface area contributed by atoms with E-state index in [9.17, 15) is 4.79 Å². The molecule has 1 amide bonds. The lowest BCUT2D eigenvalue weighted by Gasteiger charge is -2.27. The van der Waals surface area contributed by atoms with Gasteiger partial charge < -0.3 is 10.2 Å². The fourth-order valence-electron chi connectivity index (χ4n) is 2.92. The number of benzene rings is 1. The highest BCUT2D eigenvalue weighted by molar-refractivity contribution is 5.95. The summed E-state index contributed by atoms with van der Waals surface area (Å²) >= 11 is 0. The first-order valence-electron chi connectivity index (χ1n) is 8.32. The van der Waals surface area contributed by atoms with E-state index in [0.29, 0.717) is 5.56 Å². The third kappa shape index (κ3) is 3.77. The number of nitrogens with one attached hydrogen (secondary N) is 1. The maximum Gasteiger partial charge on any atom is 0.255 e. The van der Waals surface area contributed by atoms with Crippen LogP contribution in [0.3, 0.4) is 0 Å². The van der Waals surface area contributed by atoms with Crippen LogP contribution in [0.25, 0.3) is 11.1 Å². The van der Waals surface area contributed by atoms with Crippen molar-refractivity contribution in [3.8, 4) is 11.1 Å². The molecular weight excluding hydrogens is 286 g/mol. The second-order valence-electron chi connectivity index (χ2n) is 5.95. The van der Waals surface area contributed by atoms with Crippen molar-refractivity contribution in [1.29, 1.82) is 0 Å². The van der Waals surface area contributed by atoms with Crippen LogP contribution >= 0.6 is 0 Å². The van der Waals surface area contributed by atoms with E-state index in [2.05, 4.69) is 41.5 Å². The van der Waals surface area contributed by atoms with Crippen LogP contribution in [0.1, 0.15) is 29.3 Å². The maximum atomic E-state index is 12.6. The Hall–Kier alpha value is -2.20. The highest BCUT2D eigenvalue weighted by Gasteiger charge is 2.18. The summed E-state index contributed by atoms with van der Waals surface area (Å²) in [6, 6.07) is 10.5. The molecule has 1 aliphatic heterocycles. The zero-order chi connectivity index (χ0) is 16.1. The van der Waals surface area contributed by atoms with Gasteiger partial charge in [-0.3, -0.25) is 9.78 Å². The van der Waals surface area contributed by atoms with Gasteiger partial charge in [0.2, 0.25) is 0 Å². The van der Waals surface area contributed by atoms with Crippen LogP contribution < -0.4 is 5.32 Å². The molecule has 0 radical (unpaired) electrons. The van der Waals surface area contributed by atoms with Crippen molar-refractivity contribution in [2.75, 3.05) is 26.2 Å². The van der Waals surface area contributed by atoms with Crippen LogP contribution in [0.4, 0.5) is 0 Å². The molecule has 1 fully saturated rings. The number of aryl methyl sites for hydroxylation is 1. The predicted molar refractivity (Wildman–Crippen MR) is 92.4 cm³/mol. The molecule has 23 heavy (non-hydrogen) atoms. The van der Waals surface area contributed by atoms with E-state index >= 15 is 0 Å². The van der Waals surface area contributed by atoms with Crippen molar-refractivity contribution in [3.63, 3.8) is 0 Å². The van der Waals surface area contributed by atoms with Crippen molar-refractivity contribution < 1.29 is 4.79 Å². The Kier molecular flexibility index (Phi) is 5.03. The topological polar surface area (TPSA) is 45.2 Å². The first-order chi connectivity index (χ1) is 11.3. The molecule has 0 aliphatic carbocycles. The average molecular weight is 309 g/mol. The summed E-state index contributed by atoms with van der Waals surface area (Å²) in [5, 5.41) is 3.26. The van der Waals surface area contributed by atoms with E-state index < -0.39 is 0 Å². The van der Waals surface area contributed by atoms with Crippen molar-refractivity contribution in [2.24, 2.45) is 0 Å². The van der Waals surface area contributed by atoms with Gasteiger partial charge in [0.25, 0.3) is 5.91 Å². The minimum Gasteiger partial charge on any atom is -0.336 e. The van der Waals surface area contributed by atoms with Crippen LogP contribution in [-0.4, -0.2) is 42.0 Å². The SMILES string of the molecule is CCCc1ccc(-c2cncc(C(=O)N3CCNCC3)c2)cc1. The summed E-state index contributed by atoms with van der Waals surface area (Å²) in [5.74, 6) is 0.0726. The normalized spacial score (nSPS) is 14.7. The number of nitrogens with zero attached hydrogens (tertiary/aromatic N) is 2. The smallest absolute Gasteiger partial charge is 0.255 e. The van der Waals surface area contributed by atoms with Gasteiger partial charge in [0.15, 0.2) is 0 Å². The van der Waals surface area contributed by atoms with Crippen LogP contribution in [0.15, 0.2) is 42.7 Å². The monoisotopic (exact) mass is 309 g/mol. The number of amides is 1. The molecule has 1 saturated heterocycles. The Morgan fingerprint density at radius 3 is 2.57 bits per heavy atom. The van der Waals surface area contributed by atoms with E-state index in [0.717, 1.165) is 50.1 Å². The van der Waals surface area contributed by atoms with Crippen molar-refractivity contribution in [2.45, 2.75) is 19.8 Å². The number of carbonyl (C=O) groups is 1. The van der Waals surface area contributed by atoms with E-state index in [1.54, 1.807) is 6.20 Å². The maximum absolute atomic E-state index is 12.6. The third-order valence-corrected chi connectivity index (χ3v) is 4.22. The van der Waals surface area contributed by atoms with E-state index in [1.165, 1.54) is 5.56 Å². The molecule has 4 nitrogen and oxygen atoms in total. The van der Waals surface area contributed by atoms with Gasteiger partial charge >= 0.3 is 0 Å². The molecule has 120 valence electrons. The molecule has 1 aromatic heterocycles. The number of piperazine rings is 1. The van der Waals surface area contributed by atoms with Crippen molar-refractivity contribution in [3.05, 3.63) is 53.9 Å². The first-order valence-corrected chi connectivity index (χ1v) is 8.32. The number of pyridine rings is 1. The number of hydrogen-bond donors (Lipinski definition) is 1. The Balaban J connectivity index is 1.80. The Labute approximate surface area is 137 Å². The molecule has 2 heterocycles. The quantitative estimate of drug-likeness (QED) is 0.944. The van der Waals surface area contributed by atoms with Gasteiger partial charge in [-0.2, -0.15) is 0 Å². The van der Waals surface area contributed by atoms with Crippen molar-refractivity contribution >= 4 is 5.91 Å². The fraction of sp³-hybridized carbons (Fsp3) is 0.368. The summed E-state index contributed by atoms with van der Waals surface area (Å²) in [4.78, 5) is 18.7. The fourth-order valence-corrected chi connectivity index (χ4v) is 2.92. The molecule has 0 saturated carbocycles. The summed E-state index contributed by atoms with van der Waals surface area (Å²) in [5.41, 5.74) is 4.11. The summed E-state index contributed by atoms with van der Waals surface area (Å²) in [6.07, 6.45) is 5.73. The minimum atomic E-state index is 0.0726. The van der Waals surface area contributed by atoms with Gasteiger partial charge in [-0.25, -0.2) is 0 Å². The molecule has 0 unspecified atom stereocenters. The molecule has 2 aromatic rings. The van der Waals surface area contributed by atoms with Crippen molar-refractivity contribution in [1.82, 2.24) is 15.2 Å². The second kappa shape index (κ2) is 7.38. The zero-order valence-corrected chi connectivity index (χ0v) is 13.6. The Bertz CT molecular complexity index is 661. The van der Waals surface area contributed by atoms with Gasteiger partial charge in [0, 0.05) is 44.1 Å². The van der Waals surface area contributed by atoms with Gasteiger partial charge in [-0.1, -0.05) is 37.6 Å². The lowest BCUT2D eigenvalue weighted by molar-refractivity contribution is 0.0735. The van der Waals surface area contributed by atoms with E-state index in [-0.39, 0.29) is 5.91 Å². The van der Waals surface area contributed by atoms with Gasteiger partial charge in [-0.15, -0.1) is 0 Å². The number of aromatic nitrogens is 1. The summed E-state index contributed by atoms with van der Waals surface area (Å²) < 4.78 is 0. The third-order valence-electron chi connectivity index (χ3n) is 4.22. The van der Waals surface area contributed by atoms with E-state index in [1.807, 2.05) is 17.2 Å². The predicted octanol–water partition coefficient (Wildman–Crippen LogP) is 2.75. The van der Waals surface area contributed by atoms with Crippen LogP contribution in [-0.2, 0) is 6.42 Å². The molecule has 1 aromatic carbocycles. The Morgan fingerprint density at radius 1 is 1.13 bits per heavy atom. The standard InChI is InChI=1S/C19H23N3O/c1-2-3-15-4-6-16(7-5-15)17-12-18(14-21-13-17)19(23)22-10-8-20-9-11-22/h4-7,12-14,20H,2-3,8-11H2,1H3. The molecule has 4 heteroatoms. The lowest BCUT2D eigenvalue weighted by atomic mass is 10.0. The Morgan fingerprint density at radius 2 is 1.87 bits per heavy atom. The summed E-state index contributed by atoms with van der Waals surface area (Å²) in [7, 11) is 0. The number of hydrogen-bond acceptors (Lipinski definition) is 3. The molecule has 1 aliphatic rings. The minimum absolute atomic E-state index is 0.0726.